The van der Waals surface area contributed by atoms with Gasteiger partial charge in [0.2, 0.25) is 0 Å². The van der Waals surface area contributed by atoms with E-state index >= 15 is 0 Å². The van der Waals surface area contributed by atoms with Crippen molar-refractivity contribution in [3.63, 3.8) is 0 Å². The smallest absolute Gasteiger partial charge is 0.165 e. The maximum Gasteiger partial charge on any atom is 0.165 e. The molecule has 0 unspecified atom stereocenters. The molecular weight excluding hydrogens is 1400 g/mol. The minimum Gasteiger partial charge on any atom is -0.309 e. The molecule has 524 valence electrons. The van der Waals surface area contributed by atoms with Crippen LogP contribution in [-0.2, 0) is 0 Å². The van der Waals surface area contributed by atoms with Crippen molar-refractivity contribution in [1.29, 1.82) is 0 Å². The van der Waals surface area contributed by atoms with Crippen molar-refractivity contribution in [1.82, 2.24) is 34.1 Å². The van der Waals surface area contributed by atoms with Crippen LogP contribution in [0.4, 0.5) is 0 Å². The molecule has 22 aromatic rings. The highest BCUT2D eigenvalue weighted by atomic mass is 32.1. The Morgan fingerprint density at radius 2 is 0.500 bits per heavy atom. The monoisotopic (exact) mass is 1460 g/mol. The number of fused-ring (bicyclic) bond motifs is 12. The lowest BCUT2D eigenvalue weighted by atomic mass is 9.98. The Labute approximate surface area is 654 Å². The fourth-order valence-corrected chi connectivity index (χ4v) is 18.5. The van der Waals surface area contributed by atoms with E-state index in [9.17, 15) is 0 Å². The Bertz CT molecular complexity index is 7130. The van der Waals surface area contributed by atoms with Crippen molar-refractivity contribution >= 4 is 107 Å². The lowest BCUT2D eigenvalue weighted by Crippen LogP contribution is -2.01. The molecule has 0 bridgehead atoms. The summed E-state index contributed by atoms with van der Waals surface area (Å²) in [7, 11) is 0. The molecule has 0 aliphatic heterocycles. The van der Waals surface area contributed by atoms with E-state index in [1.54, 1.807) is 11.3 Å². The average molecular weight is 1460 g/mol. The Kier molecular flexibility index (Phi) is 16.5. The van der Waals surface area contributed by atoms with Gasteiger partial charge in [-0.05, 0) is 117 Å². The Morgan fingerprint density at radius 3 is 0.973 bits per heavy atom. The van der Waals surface area contributed by atoms with E-state index in [1.165, 1.54) is 102 Å². The number of hydrogen-bond acceptors (Lipinski definition) is 7. The van der Waals surface area contributed by atoms with Gasteiger partial charge in [-0.15, -0.1) is 22.7 Å². The molecule has 0 amide bonds. The molecule has 0 saturated carbocycles. The van der Waals surface area contributed by atoms with Crippen LogP contribution in [0.5, 0.6) is 0 Å². The lowest BCUT2D eigenvalue weighted by molar-refractivity contribution is 1.07. The first-order chi connectivity index (χ1) is 55.5. The van der Waals surface area contributed by atoms with Crippen LogP contribution in [-0.4, -0.2) is 34.1 Å². The molecule has 112 heavy (non-hydrogen) atoms. The highest BCUT2D eigenvalue weighted by Gasteiger charge is 2.25. The van der Waals surface area contributed by atoms with E-state index in [0.717, 1.165) is 82.9 Å². The van der Waals surface area contributed by atoms with Crippen LogP contribution in [0.25, 0.3) is 208 Å². The third-order valence-corrected chi connectivity index (χ3v) is 23.9. The van der Waals surface area contributed by atoms with Gasteiger partial charge in [0.1, 0.15) is 0 Å². The number of hydrogen-bond donors (Lipinski definition) is 0. The molecule has 6 aromatic heterocycles. The van der Waals surface area contributed by atoms with Crippen LogP contribution in [0.1, 0.15) is 0 Å². The molecule has 6 heterocycles. The fourth-order valence-electron chi connectivity index (χ4n) is 16.1. The molecule has 0 atom stereocenters. The van der Waals surface area contributed by atoms with E-state index in [1.807, 2.05) is 72.0 Å². The fraction of sp³-hybridized carbons (Fsp3) is 0. The third-order valence-electron chi connectivity index (χ3n) is 21.4. The summed E-state index contributed by atoms with van der Waals surface area (Å²) in [4.78, 5) is 26.0. The summed E-state index contributed by atoms with van der Waals surface area (Å²) in [5, 5.41) is 9.71. The standard InChI is InChI=1S/C52H33N3S.C51H32N4S/c1-5-15-34(16-6-1)38-25-27-41-42-28-26-39(35-17-7-2-8-18-35)30-49(42)55(48(41)29-38)40-31-44-43-23-13-14-24-50(43)56-51(44)45(32-40)47-33-46(36-19-9-3-10-20-36)53-52(54-47)37-21-11-4-12-22-37;1-4-15-33(16-5-1)36-21-14-22-37(29-36)38-27-28-41-40-23-10-12-25-45(40)55(46(41)30-38)39-31-43-42-24-11-13-26-47(42)56-48(43)44(32-39)51-53-49(34-17-6-2-7-18-34)52-50(54-51)35-19-8-3-9-20-35/h1-33H;1-32H. The highest BCUT2D eigenvalue weighted by molar-refractivity contribution is 7.26. The molecule has 0 aliphatic carbocycles. The van der Waals surface area contributed by atoms with Crippen molar-refractivity contribution in [2.24, 2.45) is 0 Å². The number of aromatic nitrogens is 7. The van der Waals surface area contributed by atoms with Gasteiger partial charge < -0.3 is 9.13 Å². The number of nitrogens with zero attached hydrogens (tertiary/aromatic N) is 7. The highest BCUT2D eigenvalue weighted by Crippen LogP contribution is 2.47. The van der Waals surface area contributed by atoms with Crippen LogP contribution >= 0.6 is 22.7 Å². The summed E-state index contributed by atoms with van der Waals surface area (Å²) in [5.74, 6) is 2.65. The Morgan fingerprint density at radius 1 is 0.179 bits per heavy atom. The summed E-state index contributed by atoms with van der Waals surface area (Å²) in [5.41, 5.74) is 24.1. The Hall–Kier alpha value is -14.4. The van der Waals surface area contributed by atoms with Gasteiger partial charge in [-0.1, -0.05) is 322 Å². The van der Waals surface area contributed by atoms with Gasteiger partial charge in [0.25, 0.3) is 0 Å². The van der Waals surface area contributed by atoms with E-state index in [4.69, 9.17) is 24.9 Å². The molecule has 9 heteroatoms. The van der Waals surface area contributed by atoms with Crippen molar-refractivity contribution in [2.75, 3.05) is 0 Å². The maximum atomic E-state index is 5.36. The van der Waals surface area contributed by atoms with Gasteiger partial charge >= 0.3 is 0 Å². The van der Waals surface area contributed by atoms with E-state index in [-0.39, 0.29) is 0 Å². The summed E-state index contributed by atoms with van der Waals surface area (Å²) >= 11 is 3.62. The van der Waals surface area contributed by atoms with Gasteiger partial charge in [-0.3, -0.25) is 0 Å². The van der Waals surface area contributed by atoms with E-state index in [2.05, 4.69) is 343 Å². The van der Waals surface area contributed by atoms with Crippen LogP contribution in [0.15, 0.2) is 394 Å². The zero-order valence-electron chi connectivity index (χ0n) is 60.5. The molecular formula is C103H65N7S2. The third kappa shape index (κ3) is 12.0. The van der Waals surface area contributed by atoms with Crippen LogP contribution in [0, 0.1) is 0 Å². The van der Waals surface area contributed by atoms with Crippen molar-refractivity contribution in [3.8, 4) is 124 Å². The molecule has 0 N–H and O–H groups in total. The molecule has 16 aromatic carbocycles. The quantitative estimate of drug-likeness (QED) is 0.122. The zero-order valence-corrected chi connectivity index (χ0v) is 62.1. The van der Waals surface area contributed by atoms with E-state index in [0.29, 0.717) is 23.3 Å². The first-order valence-corrected chi connectivity index (χ1v) is 39.3. The second kappa shape index (κ2) is 28.0. The van der Waals surface area contributed by atoms with Gasteiger partial charge in [0, 0.05) is 107 Å². The zero-order chi connectivity index (χ0) is 74.0. The van der Waals surface area contributed by atoms with Crippen LogP contribution < -0.4 is 0 Å². The van der Waals surface area contributed by atoms with Crippen molar-refractivity contribution < 1.29 is 0 Å². The summed E-state index contributed by atoms with van der Waals surface area (Å²) in [6.45, 7) is 0. The maximum absolute atomic E-state index is 5.36. The molecule has 0 fully saturated rings. The first kappa shape index (κ1) is 65.9. The summed E-state index contributed by atoms with van der Waals surface area (Å²) in [6, 6.07) is 140. The van der Waals surface area contributed by atoms with Gasteiger partial charge in [-0.25, -0.2) is 24.9 Å². The van der Waals surface area contributed by atoms with Crippen molar-refractivity contribution in [2.45, 2.75) is 0 Å². The lowest BCUT2D eigenvalue weighted by Gasteiger charge is -2.14. The minimum absolute atomic E-state index is 0.647. The molecule has 0 spiro atoms. The second-order valence-corrected chi connectivity index (χ2v) is 30.3. The van der Waals surface area contributed by atoms with Gasteiger partial charge in [0.15, 0.2) is 23.3 Å². The number of rotatable bonds is 12. The molecule has 0 aliphatic rings. The summed E-state index contributed by atoms with van der Waals surface area (Å²) in [6.07, 6.45) is 0. The van der Waals surface area contributed by atoms with Crippen LogP contribution in [0.2, 0.25) is 0 Å². The normalized spacial score (nSPS) is 11.6. The van der Waals surface area contributed by atoms with Gasteiger partial charge in [0.05, 0.1) is 33.5 Å². The molecule has 22 rings (SSSR count). The first-order valence-electron chi connectivity index (χ1n) is 37.7. The van der Waals surface area contributed by atoms with Gasteiger partial charge in [-0.2, -0.15) is 0 Å². The number of benzene rings is 16. The Balaban J connectivity index is 0.000000141. The van der Waals surface area contributed by atoms with E-state index < -0.39 is 0 Å². The topological polar surface area (TPSA) is 74.3 Å². The van der Waals surface area contributed by atoms with Crippen molar-refractivity contribution in [3.05, 3.63) is 394 Å². The SMILES string of the molecule is c1ccc(-c2ccc3c4ccc(-c5ccccc5)cc4n(-c4cc(-c5cc(-c6ccccc6)nc(-c6ccccc6)n5)c5sc6ccccc6c5c4)c3c2)cc1.c1ccc(-c2cccc(-c3ccc4c5ccccc5n(-c5cc(-c6nc(-c7ccccc7)nc(-c7ccccc7)n6)c6sc7ccccc7c6c5)c4c3)c2)cc1. The number of para-hydroxylation sites is 1. The van der Waals surface area contributed by atoms with Crippen LogP contribution in [0.3, 0.4) is 0 Å². The summed E-state index contributed by atoms with van der Waals surface area (Å²) < 4.78 is 9.73. The average Bonchev–Trinajstić information content (AvgIpc) is 1.57. The second-order valence-electron chi connectivity index (χ2n) is 28.2. The predicted molar refractivity (Wildman–Crippen MR) is 471 cm³/mol. The molecule has 0 radical (unpaired) electrons. The predicted octanol–water partition coefficient (Wildman–Crippen LogP) is 27.9. The molecule has 7 nitrogen and oxygen atoms in total. The minimum atomic E-state index is 0.647. The number of thiophene rings is 2. The molecule has 0 saturated heterocycles. The largest absolute Gasteiger partial charge is 0.309 e.